The summed E-state index contributed by atoms with van der Waals surface area (Å²) in [6, 6.07) is 5.28. The van der Waals surface area contributed by atoms with Gasteiger partial charge in [-0.2, -0.15) is 8.75 Å². The van der Waals surface area contributed by atoms with Gasteiger partial charge in [0.15, 0.2) is 0 Å². The number of rotatable bonds is 4. The minimum atomic E-state index is -0.375. The second-order valence-electron chi connectivity index (χ2n) is 4.81. The zero-order chi connectivity index (χ0) is 13.9. The molecule has 2 heterocycles. The monoisotopic (exact) mass is 312 g/mol. The molecule has 20 heavy (non-hydrogen) atoms. The third kappa shape index (κ3) is 3.08. The molecule has 1 aromatic carbocycles. The molecule has 1 aromatic heterocycles. The highest BCUT2D eigenvalue weighted by Crippen LogP contribution is 2.25. The van der Waals surface area contributed by atoms with Crippen LogP contribution in [0, 0.1) is 5.82 Å². The highest BCUT2D eigenvalue weighted by atomic mass is 35.5. The van der Waals surface area contributed by atoms with Crippen molar-refractivity contribution >= 4 is 29.0 Å². The first-order chi connectivity index (χ1) is 9.72. The summed E-state index contributed by atoms with van der Waals surface area (Å²) < 4.78 is 21.3. The molecule has 4 nitrogen and oxygen atoms in total. The van der Waals surface area contributed by atoms with Gasteiger partial charge in [0.25, 0.3) is 0 Å². The quantitative estimate of drug-likeness (QED) is 0.942. The topological polar surface area (TPSA) is 41.0 Å². The Morgan fingerprint density at radius 1 is 1.50 bits per heavy atom. The van der Waals surface area contributed by atoms with E-state index in [2.05, 4.69) is 19.0 Å². The van der Waals surface area contributed by atoms with Crippen molar-refractivity contribution in [1.82, 2.24) is 14.1 Å². The summed E-state index contributed by atoms with van der Waals surface area (Å²) in [4.78, 5) is 2.21. The predicted molar refractivity (Wildman–Crippen MR) is 78.8 cm³/mol. The SMILES string of the molecule is Fc1ccc(N2CCC(NCc3cnsn3)C2)cc1Cl. The molecule has 1 unspecified atom stereocenters. The maximum Gasteiger partial charge on any atom is 0.141 e. The van der Waals surface area contributed by atoms with E-state index < -0.39 is 0 Å². The van der Waals surface area contributed by atoms with E-state index in [9.17, 15) is 4.39 Å². The lowest BCUT2D eigenvalue weighted by atomic mass is 10.2. The summed E-state index contributed by atoms with van der Waals surface area (Å²) in [5.41, 5.74) is 1.94. The molecule has 0 spiro atoms. The van der Waals surface area contributed by atoms with Crippen LogP contribution < -0.4 is 10.2 Å². The summed E-state index contributed by atoms with van der Waals surface area (Å²) in [6.07, 6.45) is 2.83. The van der Waals surface area contributed by atoms with Crippen molar-refractivity contribution < 1.29 is 4.39 Å². The van der Waals surface area contributed by atoms with Crippen molar-refractivity contribution in [3.8, 4) is 0 Å². The Morgan fingerprint density at radius 3 is 3.15 bits per heavy atom. The van der Waals surface area contributed by atoms with Crippen molar-refractivity contribution in [2.24, 2.45) is 0 Å². The number of halogens is 2. The van der Waals surface area contributed by atoms with Crippen molar-refractivity contribution in [2.75, 3.05) is 18.0 Å². The molecule has 106 valence electrons. The Labute approximate surface area is 125 Å². The van der Waals surface area contributed by atoms with Crippen molar-refractivity contribution in [3.05, 3.63) is 40.9 Å². The molecule has 1 aliphatic rings. The summed E-state index contributed by atoms with van der Waals surface area (Å²) in [5.74, 6) is -0.375. The van der Waals surface area contributed by atoms with Gasteiger partial charge >= 0.3 is 0 Å². The Morgan fingerprint density at radius 2 is 2.40 bits per heavy atom. The number of aromatic nitrogens is 2. The Kier molecular flexibility index (Phi) is 4.14. The first-order valence-corrected chi connectivity index (χ1v) is 7.53. The lowest BCUT2D eigenvalue weighted by molar-refractivity contribution is 0.547. The van der Waals surface area contributed by atoms with Crippen LogP contribution in [0.4, 0.5) is 10.1 Å². The van der Waals surface area contributed by atoms with Gasteiger partial charge in [-0.3, -0.25) is 0 Å². The minimum Gasteiger partial charge on any atom is -0.370 e. The van der Waals surface area contributed by atoms with Gasteiger partial charge in [0.05, 0.1) is 28.6 Å². The molecule has 1 saturated heterocycles. The molecule has 7 heteroatoms. The van der Waals surface area contributed by atoms with Crippen LogP contribution in [0.15, 0.2) is 24.4 Å². The first kappa shape index (κ1) is 13.7. The van der Waals surface area contributed by atoms with Gasteiger partial charge in [-0.25, -0.2) is 4.39 Å². The number of nitrogens with one attached hydrogen (secondary N) is 1. The second-order valence-corrected chi connectivity index (χ2v) is 5.77. The smallest absolute Gasteiger partial charge is 0.141 e. The van der Waals surface area contributed by atoms with E-state index in [1.165, 1.54) is 17.8 Å². The van der Waals surface area contributed by atoms with Gasteiger partial charge in [0.1, 0.15) is 5.82 Å². The standard InChI is InChI=1S/C13H14ClFN4S/c14-12-5-11(1-2-13(12)15)19-4-3-9(8-19)16-6-10-7-17-20-18-10/h1-2,5,7,9,16H,3-4,6,8H2. The van der Waals surface area contributed by atoms with Crippen LogP contribution in [0.1, 0.15) is 12.1 Å². The van der Waals surface area contributed by atoms with Gasteiger partial charge in [-0.05, 0) is 24.6 Å². The lowest BCUT2D eigenvalue weighted by Crippen LogP contribution is -2.32. The van der Waals surface area contributed by atoms with Gasteiger partial charge < -0.3 is 10.2 Å². The highest BCUT2D eigenvalue weighted by molar-refractivity contribution is 6.99. The molecular weight excluding hydrogens is 299 g/mol. The molecule has 0 bridgehead atoms. The van der Waals surface area contributed by atoms with Gasteiger partial charge in [-0.1, -0.05) is 11.6 Å². The highest BCUT2D eigenvalue weighted by Gasteiger charge is 2.22. The van der Waals surface area contributed by atoms with Crippen LogP contribution in [-0.4, -0.2) is 27.9 Å². The Bertz CT molecular complexity index is 578. The third-order valence-corrected chi connectivity index (χ3v) is 4.24. The Balaban J connectivity index is 1.57. The second kappa shape index (κ2) is 6.03. The summed E-state index contributed by atoms with van der Waals surface area (Å²) >= 11 is 7.05. The van der Waals surface area contributed by atoms with E-state index in [0.29, 0.717) is 6.04 Å². The van der Waals surface area contributed by atoms with E-state index in [4.69, 9.17) is 11.6 Å². The summed E-state index contributed by atoms with van der Waals surface area (Å²) in [7, 11) is 0. The number of nitrogens with zero attached hydrogens (tertiary/aromatic N) is 3. The number of hydrogen-bond acceptors (Lipinski definition) is 5. The largest absolute Gasteiger partial charge is 0.370 e. The van der Waals surface area contributed by atoms with Crippen molar-refractivity contribution in [3.63, 3.8) is 0 Å². The van der Waals surface area contributed by atoms with Gasteiger partial charge in [-0.15, -0.1) is 0 Å². The van der Waals surface area contributed by atoms with E-state index >= 15 is 0 Å². The van der Waals surface area contributed by atoms with Crippen LogP contribution in [-0.2, 0) is 6.54 Å². The minimum absolute atomic E-state index is 0.174. The molecule has 1 atom stereocenters. The van der Waals surface area contributed by atoms with Crippen molar-refractivity contribution in [2.45, 2.75) is 19.0 Å². The molecule has 0 amide bonds. The molecule has 3 rings (SSSR count). The van der Waals surface area contributed by atoms with Crippen LogP contribution in [0.5, 0.6) is 0 Å². The number of anilines is 1. The molecular formula is C13H14ClFN4S. The molecule has 2 aromatic rings. The summed E-state index contributed by atoms with van der Waals surface area (Å²) in [6.45, 7) is 2.56. The molecule has 0 radical (unpaired) electrons. The fraction of sp³-hybridized carbons (Fsp3) is 0.385. The van der Waals surface area contributed by atoms with E-state index in [0.717, 1.165) is 37.4 Å². The van der Waals surface area contributed by atoms with E-state index in [1.54, 1.807) is 18.3 Å². The molecule has 0 aliphatic carbocycles. The number of hydrogen-bond donors (Lipinski definition) is 1. The number of benzene rings is 1. The van der Waals surface area contributed by atoms with E-state index in [-0.39, 0.29) is 10.8 Å². The molecule has 1 aliphatic heterocycles. The average molecular weight is 313 g/mol. The van der Waals surface area contributed by atoms with E-state index in [1.807, 2.05) is 0 Å². The fourth-order valence-electron chi connectivity index (χ4n) is 2.35. The molecule has 1 N–H and O–H groups in total. The Hall–Kier alpha value is -1.24. The van der Waals surface area contributed by atoms with Gasteiger partial charge in [0.2, 0.25) is 0 Å². The fourth-order valence-corrected chi connectivity index (χ4v) is 2.96. The van der Waals surface area contributed by atoms with Crippen LogP contribution in [0.2, 0.25) is 5.02 Å². The van der Waals surface area contributed by atoms with Crippen LogP contribution in [0.3, 0.4) is 0 Å². The average Bonchev–Trinajstić information content (AvgIpc) is 3.10. The van der Waals surface area contributed by atoms with Gasteiger partial charge in [0, 0.05) is 31.4 Å². The summed E-state index contributed by atoms with van der Waals surface area (Å²) in [5, 5.41) is 3.64. The normalized spacial score (nSPS) is 18.7. The van der Waals surface area contributed by atoms with Crippen LogP contribution in [0.25, 0.3) is 0 Å². The zero-order valence-electron chi connectivity index (χ0n) is 10.7. The van der Waals surface area contributed by atoms with Crippen molar-refractivity contribution in [1.29, 1.82) is 0 Å². The predicted octanol–water partition coefficient (Wildman–Crippen LogP) is 2.70. The molecule has 1 fully saturated rings. The third-order valence-electron chi connectivity index (χ3n) is 3.44. The maximum atomic E-state index is 13.2. The lowest BCUT2D eigenvalue weighted by Gasteiger charge is -2.19. The maximum absolute atomic E-state index is 13.2. The van der Waals surface area contributed by atoms with Crippen LogP contribution >= 0.6 is 23.3 Å². The zero-order valence-corrected chi connectivity index (χ0v) is 12.3. The first-order valence-electron chi connectivity index (χ1n) is 6.42. The molecule has 0 saturated carbocycles.